The molecule has 2 nitrogen and oxygen atoms in total. The number of rotatable bonds is 6. The number of carbonyl (C=O) groups is 1. The topological polar surface area (TPSA) is 29.1 Å². The molecule has 0 fully saturated rings. The molecule has 0 bridgehead atoms. The number of nitrogens with one attached hydrogen (secondary N) is 1. The molecule has 0 saturated carbocycles. The zero-order valence-corrected chi connectivity index (χ0v) is 18.3. The van der Waals surface area contributed by atoms with Gasteiger partial charge in [-0.2, -0.15) is 0 Å². The van der Waals surface area contributed by atoms with E-state index in [1.165, 1.54) is 12.8 Å². The van der Waals surface area contributed by atoms with Gasteiger partial charge in [-0.3, -0.25) is 4.79 Å². The summed E-state index contributed by atoms with van der Waals surface area (Å²) >= 11 is 0. The number of carbonyl (C=O) groups excluding carboxylic acids is 1. The third-order valence-electron chi connectivity index (χ3n) is 2.15. The largest absolute Gasteiger partial charge is 0.320 e. The molecule has 144 valence electrons. The van der Waals surface area contributed by atoms with Crippen molar-refractivity contribution in [3.63, 3.8) is 0 Å². The number of ketones is 1. The van der Waals surface area contributed by atoms with Gasteiger partial charge in [-0.05, 0) is 33.0 Å². The van der Waals surface area contributed by atoms with E-state index in [4.69, 9.17) is 0 Å². The van der Waals surface area contributed by atoms with Crippen LogP contribution in [0.4, 0.5) is 0 Å². The van der Waals surface area contributed by atoms with E-state index in [1.54, 1.807) is 25.2 Å². The van der Waals surface area contributed by atoms with Gasteiger partial charge in [0.05, 0.1) is 0 Å². The van der Waals surface area contributed by atoms with E-state index < -0.39 is 0 Å². The van der Waals surface area contributed by atoms with Crippen LogP contribution in [-0.2, 0) is 4.79 Å². The predicted molar refractivity (Wildman–Crippen MR) is 116 cm³/mol. The van der Waals surface area contributed by atoms with Crippen LogP contribution < -0.4 is 5.32 Å². The molecule has 0 aliphatic carbocycles. The SMILES string of the molecule is C=C/C=C(\C=C/C)C(=O)C(=C)C.CC.CC.CCCC.CCNC. The Hall–Kier alpha value is -1.41. The Bertz CT molecular complexity index is 304. The van der Waals surface area contributed by atoms with Crippen molar-refractivity contribution < 1.29 is 4.79 Å². The van der Waals surface area contributed by atoms with Gasteiger partial charge in [-0.1, -0.05) is 98.8 Å². The van der Waals surface area contributed by atoms with Gasteiger partial charge in [0.1, 0.15) is 0 Å². The summed E-state index contributed by atoms with van der Waals surface area (Å²) in [4.78, 5) is 11.4. The highest BCUT2D eigenvalue weighted by Gasteiger charge is 2.04. The first kappa shape index (κ1) is 34.0. The molecule has 0 aromatic rings. The van der Waals surface area contributed by atoms with Crippen LogP contribution in [0.5, 0.6) is 0 Å². The van der Waals surface area contributed by atoms with E-state index in [1.807, 2.05) is 47.7 Å². The molecule has 1 N–H and O–H groups in total. The molecule has 0 rings (SSSR count). The molecule has 0 heterocycles. The lowest BCUT2D eigenvalue weighted by molar-refractivity contribution is -0.111. The van der Waals surface area contributed by atoms with Crippen LogP contribution in [0.2, 0.25) is 0 Å². The maximum atomic E-state index is 11.4. The molecule has 0 aromatic heterocycles. The van der Waals surface area contributed by atoms with Crippen LogP contribution in [0, 0.1) is 0 Å². The minimum atomic E-state index is -0.0343. The molecule has 0 spiro atoms. The highest BCUT2D eigenvalue weighted by molar-refractivity contribution is 6.09. The van der Waals surface area contributed by atoms with Crippen molar-refractivity contribution in [2.45, 2.75) is 75.2 Å². The van der Waals surface area contributed by atoms with E-state index >= 15 is 0 Å². The molecule has 0 aliphatic heterocycles. The predicted octanol–water partition coefficient (Wildman–Crippen LogP) is 6.90. The minimum Gasteiger partial charge on any atom is -0.320 e. The van der Waals surface area contributed by atoms with E-state index in [9.17, 15) is 4.79 Å². The zero-order valence-electron chi connectivity index (χ0n) is 18.3. The first-order chi connectivity index (χ1) is 11.5. The number of hydrogen-bond acceptors (Lipinski definition) is 2. The van der Waals surface area contributed by atoms with Gasteiger partial charge in [0.25, 0.3) is 0 Å². The molecule has 0 aromatic carbocycles. The van der Waals surface area contributed by atoms with Gasteiger partial charge < -0.3 is 5.32 Å². The lowest BCUT2D eigenvalue weighted by atomic mass is 10.1. The third-order valence-corrected chi connectivity index (χ3v) is 2.15. The van der Waals surface area contributed by atoms with Crippen LogP contribution in [0.1, 0.15) is 75.2 Å². The molecular formula is C22H45NO. The zero-order chi connectivity index (χ0) is 20.4. The highest BCUT2D eigenvalue weighted by atomic mass is 16.1. The van der Waals surface area contributed by atoms with Crippen molar-refractivity contribution in [2.24, 2.45) is 0 Å². The van der Waals surface area contributed by atoms with Gasteiger partial charge in [0, 0.05) is 5.57 Å². The summed E-state index contributed by atoms with van der Waals surface area (Å²) in [5, 5.41) is 2.93. The van der Waals surface area contributed by atoms with Crippen molar-refractivity contribution in [3.05, 3.63) is 48.6 Å². The molecule has 0 amide bonds. The van der Waals surface area contributed by atoms with Gasteiger partial charge in [-0.15, -0.1) is 0 Å². The van der Waals surface area contributed by atoms with Crippen LogP contribution >= 0.6 is 0 Å². The fourth-order valence-electron chi connectivity index (χ4n) is 0.760. The Balaban J connectivity index is -0.0000000828. The number of Topliss-reactive ketones (excluding diaryl/α,β-unsaturated/α-hetero) is 1. The van der Waals surface area contributed by atoms with Gasteiger partial charge >= 0.3 is 0 Å². The summed E-state index contributed by atoms with van der Waals surface area (Å²) in [5.41, 5.74) is 1.17. The normalized spacial score (nSPS) is 8.83. The summed E-state index contributed by atoms with van der Waals surface area (Å²) in [6.45, 7) is 26.2. The standard InChI is InChI=1S/C11H14O.C4H10.C3H9N.2C2H6/c1-5-7-10(8-6-2)11(12)9(3)4;2*1-3-4-2;2*1-2/h5-8H,1,3H2,2,4H3;3-4H2,1-2H3;4H,3H2,1-2H3;2*1-2H3/b8-6-,10-7+;;;;. The maximum absolute atomic E-state index is 11.4. The average Bonchev–Trinajstić information content (AvgIpc) is 2.64. The van der Waals surface area contributed by atoms with Crippen molar-refractivity contribution in [2.75, 3.05) is 13.6 Å². The quantitative estimate of drug-likeness (QED) is 0.421. The summed E-state index contributed by atoms with van der Waals surface area (Å²) < 4.78 is 0. The van der Waals surface area contributed by atoms with Crippen LogP contribution in [0.3, 0.4) is 0 Å². The average molecular weight is 340 g/mol. The van der Waals surface area contributed by atoms with Gasteiger partial charge in [0.2, 0.25) is 0 Å². The fourth-order valence-corrected chi connectivity index (χ4v) is 0.760. The summed E-state index contributed by atoms with van der Waals surface area (Å²) in [7, 11) is 1.93. The molecule has 0 atom stereocenters. The Morgan fingerprint density at radius 1 is 1.04 bits per heavy atom. The number of hydrogen-bond donors (Lipinski definition) is 1. The van der Waals surface area contributed by atoms with Crippen molar-refractivity contribution in [1.29, 1.82) is 0 Å². The highest BCUT2D eigenvalue weighted by Crippen LogP contribution is 2.05. The van der Waals surface area contributed by atoms with E-state index in [2.05, 4.69) is 39.2 Å². The van der Waals surface area contributed by atoms with Crippen LogP contribution in [0.15, 0.2) is 48.6 Å². The summed E-state index contributed by atoms with van der Waals surface area (Å²) in [6.07, 6.45) is 9.47. The van der Waals surface area contributed by atoms with Crippen molar-refractivity contribution in [1.82, 2.24) is 5.32 Å². The molecule has 0 aliphatic rings. The molecule has 0 saturated heterocycles. The van der Waals surface area contributed by atoms with E-state index in [-0.39, 0.29) is 5.78 Å². The van der Waals surface area contributed by atoms with Gasteiger partial charge in [0.15, 0.2) is 5.78 Å². The Labute approximate surface area is 153 Å². The third kappa shape index (κ3) is 37.1. The monoisotopic (exact) mass is 339 g/mol. The Kier molecular flexibility index (Phi) is 53.4. The number of allylic oxidation sites excluding steroid dienone is 6. The van der Waals surface area contributed by atoms with E-state index in [0.29, 0.717) is 11.1 Å². The number of unbranched alkanes of at least 4 members (excludes halogenated alkanes) is 1. The first-order valence-electron chi connectivity index (χ1n) is 9.26. The van der Waals surface area contributed by atoms with Crippen molar-refractivity contribution >= 4 is 5.78 Å². The summed E-state index contributed by atoms with van der Waals surface area (Å²) in [5.74, 6) is -0.0343. The van der Waals surface area contributed by atoms with Crippen LogP contribution in [0.25, 0.3) is 0 Å². The molecular weight excluding hydrogens is 294 g/mol. The molecule has 24 heavy (non-hydrogen) atoms. The molecule has 2 heteroatoms. The van der Waals surface area contributed by atoms with Crippen LogP contribution in [-0.4, -0.2) is 19.4 Å². The first-order valence-corrected chi connectivity index (χ1v) is 9.26. The Morgan fingerprint density at radius 3 is 1.58 bits per heavy atom. The van der Waals surface area contributed by atoms with Crippen molar-refractivity contribution in [3.8, 4) is 0 Å². The minimum absolute atomic E-state index is 0.0343. The smallest absolute Gasteiger partial charge is 0.188 e. The second kappa shape index (κ2) is 37.7. The fraction of sp³-hybridized carbons (Fsp3) is 0.591. The van der Waals surface area contributed by atoms with Gasteiger partial charge in [-0.25, -0.2) is 0 Å². The second-order valence-electron chi connectivity index (χ2n) is 4.17. The lowest BCUT2D eigenvalue weighted by Gasteiger charge is -1.98. The Morgan fingerprint density at radius 2 is 1.42 bits per heavy atom. The summed E-state index contributed by atoms with van der Waals surface area (Å²) in [6, 6.07) is 0. The van der Waals surface area contributed by atoms with E-state index in [0.717, 1.165) is 6.54 Å². The second-order valence-corrected chi connectivity index (χ2v) is 4.17. The maximum Gasteiger partial charge on any atom is 0.188 e. The lowest BCUT2D eigenvalue weighted by Crippen LogP contribution is -2.01. The molecule has 0 unspecified atom stereocenters. The molecule has 0 radical (unpaired) electrons.